The Bertz CT molecular complexity index is 368. The molecule has 0 aliphatic carbocycles. The third-order valence-corrected chi connectivity index (χ3v) is 2.94. The molecule has 0 aliphatic heterocycles. The van der Waals surface area contributed by atoms with Crippen LogP contribution in [-0.4, -0.2) is 6.54 Å². The molecule has 0 radical (unpaired) electrons. The van der Waals surface area contributed by atoms with Gasteiger partial charge in [-0.05, 0) is 25.5 Å². The molecule has 15 heavy (non-hydrogen) atoms. The zero-order valence-corrected chi connectivity index (χ0v) is 9.44. The van der Waals surface area contributed by atoms with E-state index in [1.165, 1.54) is 4.88 Å². The van der Waals surface area contributed by atoms with Gasteiger partial charge in [0.15, 0.2) is 0 Å². The molecule has 0 spiro atoms. The molecule has 0 aromatic carbocycles. The second kappa shape index (κ2) is 7.06. The summed E-state index contributed by atoms with van der Waals surface area (Å²) in [6, 6.07) is 4.06. The topological polar surface area (TPSA) is 35.8 Å². The van der Waals surface area contributed by atoms with Gasteiger partial charge in [0.2, 0.25) is 0 Å². The van der Waals surface area contributed by atoms with E-state index in [0.29, 0.717) is 0 Å². The predicted molar refractivity (Wildman–Crippen MR) is 63.4 cm³/mol. The first-order valence-electron chi connectivity index (χ1n) is 4.98. The van der Waals surface area contributed by atoms with Crippen molar-refractivity contribution in [2.24, 2.45) is 0 Å². The van der Waals surface area contributed by atoms with Gasteiger partial charge in [-0.25, -0.2) is 0 Å². The molecule has 3 heteroatoms. The maximum Gasteiger partial charge on any atom is 0.100 e. The number of hydrogen-bond donors (Lipinski definition) is 1. The number of unbranched alkanes of at least 4 members (excludes halogenated alkanes) is 2. The van der Waals surface area contributed by atoms with Crippen molar-refractivity contribution < 1.29 is 0 Å². The average molecular weight is 218 g/mol. The molecule has 1 heterocycles. The molecular formula is C12H14N2S. The summed E-state index contributed by atoms with van der Waals surface area (Å²) in [5.74, 6) is 2.63. The van der Waals surface area contributed by atoms with Gasteiger partial charge in [0.25, 0.3) is 0 Å². The van der Waals surface area contributed by atoms with Crippen LogP contribution in [0.5, 0.6) is 0 Å². The molecule has 0 fully saturated rings. The lowest BCUT2D eigenvalue weighted by molar-refractivity contribution is 0.634. The molecule has 1 aromatic rings. The van der Waals surface area contributed by atoms with Gasteiger partial charge in [0.1, 0.15) is 6.07 Å². The Morgan fingerprint density at radius 1 is 1.47 bits per heavy atom. The van der Waals surface area contributed by atoms with E-state index in [2.05, 4.69) is 17.3 Å². The highest BCUT2D eigenvalue weighted by Gasteiger charge is 1.97. The summed E-state index contributed by atoms with van der Waals surface area (Å²) < 4.78 is 0. The summed E-state index contributed by atoms with van der Waals surface area (Å²) in [5.41, 5.74) is 0.754. The highest BCUT2D eigenvalue weighted by molar-refractivity contribution is 7.10. The molecule has 0 saturated heterocycles. The summed E-state index contributed by atoms with van der Waals surface area (Å²) in [4.78, 5) is 1.21. The van der Waals surface area contributed by atoms with E-state index in [1.54, 1.807) is 11.3 Å². The Hall–Kier alpha value is -1.29. The zero-order chi connectivity index (χ0) is 10.9. The maximum atomic E-state index is 8.64. The Kier molecular flexibility index (Phi) is 5.55. The van der Waals surface area contributed by atoms with Crippen LogP contribution in [0.2, 0.25) is 0 Å². The minimum Gasteiger partial charge on any atom is -0.312 e. The lowest BCUT2D eigenvalue weighted by Crippen LogP contribution is -2.13. The normalized spacial score (nSPS) is 9.47. The third-order valence-electron chi connectivity index (χ3n) is 2.01. The molecule has 0 amide bonds. The van der Waals surface area contributed by atoms with Crippen LogP contribution in [0.1, 0.15) is 29.7 Å². The van der Waals surface area contributed by atoms with Gasteiger partial charge in [-0.15, -0.1) is 23.7 Å². The minimum absolute atomic E-state index is 0.754. The number of nitrogens with one attached hydrogen (secondary N) is 1. The summed E-state index contributed by atoms with van der Waals surface area (Å²) in [6.45, 7) is 1.84. The summed E-state index contributed by atoms with van der Waals surface area (Å²) >= 11 is 1.63. The number of thiophene rings is 1. The average Bonchev–Trinajstić information content (AvgIpc) is 2.71. The van der Waals surface area contributed by atoms with E-state index >= 15 is 0 Å². The van der Waals surface area contributed by atoms with Crippen LogP contribution < -0.4 is 5.32 Å². The predicted octanol–water partition coefficient (Wildman–Crippen LogP) is 2.51. The smallest absolute Gasteiger partial charge is 0.100 e. The van der Waals surface area contributed by atoms with Crippen LogP contribution in [0.15, 0.2) is 11.4 Å². The highest BCUT2D eigenvalue weighted by Crippen LogP contribution is 2.13. The minimum atomic E-state index is 0.754. The molecule has 1 N–H and O–H groups in total. The van der Waals surface area contributed by atoms with E-state index in [4.69, 9.17) is 11.7 Å². The van der Waals surface area contributed by atoms with Crippen molar-refractivity contribution in [3.05, 3.63) is 21.9 Å². The number of nitriles is 1. The quantitative estimate of drug-likeness (QED) is 0.588. The van der Waals surface area contributed by atoms with Crippen molar-refractivity contribution in [3.8, 4) is 18.4 Å². The first-order valence-corrected chi connectivity index (χ1v) is 5.86. The standard InChI is InChI=1S/C12H14N2S/c1-2-3-4-5-6-14-9-12-7-11(8-13)10-15-12/h1,7,10,14H,3-6,9H2. The molecule has 1 aromatic heterocycles. The number of hydrogen-bond acceptors (Lipinski definition) is 3. The van der Waals surface area contributed by atoms with E-state index in [9.17, 15) is 0 Å². The van der Waals surface area contributed by atoms with Crippen molar-refractivity contribution >= 4 is 11.3 Å². The van der Waals surface area contributed by atoms with Gasteiger partial charge in [-0.3, -0.25) is 0 Å². The van der Waals surface area contributed by atoms with Gasteiger partial charge >= 0.3 is 0 Å². The largest absolute Gasteiger partial charge is 0.312 e. The van der Waals surface area contributed by atoms with Gasteiger partial charge < -0.3 is 5.32 Å². The van der Waals surface area contributed by atoms with Crippen LogP contribution >= 0.6 is 11.3 Å². The molecule has 0 aliphatic rings. The summed E-state index contributed by atoms with van der Waals surface area (Å²) in [7, 11) is 0. The van der Waals surface area contributed by atoms with Crippen molar-refractivity contribution in [3.63, 3.8) is 0 Å². The van der Waals surface area contributed by atoms with Crippen molar-refractivity contribution in [1.82, 2.24) is 5.32 Å². The second-order valence-corrected chi connectivity index (χ2v) is 4.25. The van der Waals surface area contributed by atoms with Crippen LogP contribution in [-0.2, 0) is 6.54 Å². The van der Waals surface area contributed by atoms with E-state index in [-0.39, 0.29) is 0 Å². The Labute approximate surface area is 94.9 Å². The van der Waals surface area contributed by atoms with Gasteiger partial charge in [-0.1, -0.05) is 0 Å². The fraction of sp³-hybridized carbons (Fsp3) is 0.417. The van der Waals surface area contributed by atoms with E-state index < -0.39 is 0 Å². The zero-order valence-electron chi connectivity index (χ0n) is 8.62. The number of terminal acetylenes is 1. The Morgan fingerprint density at radius 2 is 2.33 bits per heavy atom. The molecule has 0 saturated carbocycles. The fourth-order valence-corrected chi connectivity index (χ4v) is 2.00. The van der Waals surface area contributed by atoms with Crippen LogP contribution in [0, 0.1) is 23.7 Å². The number of nitrogens with zero attached hydrogens (tertiary/aromatic N) is 1. The first kappa shape index (κ1) is 11.8. The van der Waals surface area contributed by atoms with Crippen LogP contribution in [0.4, 0.5) is 0 Å². The van der Waals surface area contributed by atoms with Gasteiger partial charge in [-0.2, -0.15) is 5.26 Å². The summed E-state index contributed by atoms with van der Waals surface area (Å²) in [5, 5.41) is 13.9. The third kappa shape index (κ3) is 4.65. The maximum absolute atomic E-state index is 8.64. The van der Waals surface area contributed by atoms with Gasteiger partial charge in [0.05, 0.1) is 5.56 Å². The first-order chi connectivity index (χ1) is 7.36. The van der Waals surface area contributed by atoms with Crippen molar-refractivity contribution in [1.29, 1.82) is 5.26 Å². The molecule has 2 nitrogen and oxygen atoms in total. The monoisotopic (exact) mass is 218 g/mol. The van der Waals surface area contributed by atoms with Crippen molar-refractivity contribution in [2.75, 3.05) is 6.54 Å². The second-order valence-electron chi connectivity index (χ2n) is 3.25. The van der Waals surface area contributed by atoms with E-state index in [0.717, 1.165) is 37.9 Å². The lowest BCUT2D eigenvalue weighted by Gasteiger charge is -2.00. The van der Waals surface area contributed by atoms with Crippen LogP contribution in [0.25, 0.3) is 0 Å². The lowest BCUT2D eigenvalue weighted by atomic mass is 10.2. The molecule has 0 bridgehead atoms. The SMILES string of the molecule is C#CCCCCNCc1cc(C#N)cs1. The van der Waals surface area contributed by atoms with Crippen LogP contribution in [0.3, 0.4) is 0 Å². The van der Waals surface area contributed by atoms with Crippen molar-refractivity contribution in [2.45, 2.75) is 25.8 Å². The van der Waals surface area contributed by atoms with Gasteiger partial charge in [0, 0.05) is 23.2 Å². The fourth-order valence-electron chi connectivity index (χ4n) is 1.22. The Morgan fingerprint density at radius 3 is 3.00 bits per heavy atom. The molecule has 0 atom stereocenters. The molecule has 78 valence electrons. The summed E-state index contributed by atoms with van der Waals surface area (Å²) in [6.07, 6.45) is 8.21. The molecular weight excluding hydrogens is 204 g/mol. The van der Waals surface area contributed by atoms with E-state index in [1.807, 2.05) is 11.4 Å². The highest BCUT2D eigenvalue weighted by atomic mass is 32.1. The Balaban J connectivity index is 2.11. The molecule has 1 rings (SSSR count). The number of rotatable bonds is 6. The molecule has 0 unspecified atom stereocenters.